The molecule has 1 unspecified atom stereocenters. The lowest BCUT2D eigenvalue weighted by Gasteiger charge is -2.29. The van der Waals surface area contributed by atoms with Crippen molar-refractivity contribution < 1.29 is 14.3 Å². The average Bonchev–Trinajstić information content (AvgIpc) is 2.55. The molecule has 0 spiro atoms. The maximum Gasteiger partial charge on any atom is 0.336 e. The van der Waals surface area contributed by atoms with Crippen LogP contribution in [0.4, 0.5) is 0 Å². The molecule has 0 saturated carbocycles. The van der Waals surface area contributed by atoms with Crippen LogP contribution in [0.25, 0.3) is 0 Å². The summed E-state index contributed by atoms with van der Waals surface area (Å²) in [4.78, 5) is 12.8. The zero-order valence-electron chi connectivity index (χ0n) is 14.9. The molecule has 0 aliphatic rings. The summed E-state index contributed by atoms with van der Waals surface area (Å²) in [7, 11) is 0. The smallest absolute Gasteiger partial charge is 0.336 e. The van der Waals surface area contributed by atoms with Gasteiger partial charge in [-0.15, -0.1) is 0 Å². The zero-order chi connectivity index (χ0) is 17.6. The largest absolute Gasteiger partial charge is 0.458 e. The molecule has 3 nitrogen and oxygen atoms in total. The van der Waals surface area contributed by atoms with Gasteiger partial charge in [0.05, 0.1) is 0 Å². The second-order valence-electron chi connectivity index (χ2n) is 6.71. The second-order valence-corrected chi connectivity index (χ2v) is 6.71. The SMILES string of the molecule is CCOC(C(=O)OC(C)(C)C)C(c1ccccc1)c1ccccc1. The fraction of sp³-hybridized carbons (Fsp3) is 0.381. The summed E-state index contributed by atoms with van der Waals surface area (Å²) in [5, 5.41) is 0. The van der Waals surface area contributed by atoms with Crippen molar-refractivity contribution in [3.05, 3.63) is 71.8 Å². The van der Waals surface area contributed by atoms with Crippen LogP contribution in [0.5, 0.6) is 0 Å². The normalized spacial score (nSPS) is 12.9. The molecule has 0 N–H and O–H groups in total. The number of hydrogen-bond acceptors (Lipinski definition) is 3. The Balaban J connectivity index is 2.44. The van der Waals surface area contributed by atoms with Crippen LogP contribution in [0, 0.1) is 0 Å². The quantitative estimate of drug-likeness (QED) is 0.730. The van der Waals surface area contributed by atoms with E-state index in [0.29, 0.717) is 6.61 Å². The van der Waals surface area contributed by atoms with Gasteiger partial charge in [-0.05, 0) is 38.8 Å². The zero-order valence-corrected chi connectivity index (χ0v) is 14.9. The lowest BCUT2D eigenvalue weighted by molar-refractivity contribution is -0.169. The molecule has 24 heavy (non-hydrogen) atoms. The summed E-state index contributed by atoms with van der Waals surface area (Å²) in [6.45, 7) is 7.94. The van der Waals surface area contributed by atoms with Crippen molar-refractivity contribution in [2.45, 2.75) is 45.3 Å². The predicted octanol–water partition coefficient (Wildman–Crippen LogP) is 4.57. The molecule has 128 valence electrons. The van der Waals surface area contributed by atoms with Gasteiger partial charge in [-0.2, -0.15) is 0 Å². The van der Waals surface area contributed by atoms with E-state index in [9.17, 15) is 4.79 Å². The van der Waals surface area contributed by atoms with Crippen LogP contribution in [-0.4, -0.2) is 24.3 Å². The molecule has 0 heterocycles. The molecular formula is C21H26O3. The molecule has 0 aliphatic heterocycles. The highest BCUT2D eigenvalue weighted by molar-refractivity contribution is 5.77. The number of esters is 1. The Morgan fingerprint density at radius 2 is 1.38 bits per heavy atom. The van der Waals surface area contributed by atoms with Crippen LogP contribution >= 0.6 is 0 Å². The second kappa shape index (κ2) is 8.11. The van der Waals surface area contributed by atoms with E-state index in [2.05, 4.69) is 0 Å². The van der Waals surface area contributed by atoms with Gasteiger partial charge in [0, 0.05) is 12.5 Å². The van der Waals surface area contributed by atoms with E-state index in [0.717, 1.165) is 11.1 Å². The maximum atomic E-state index is 12.8. The topological polar surface area (TPSA) is 35.5 Å². The predicted molar refractivity (Wildman–Crippen MR) is 96.0 cm³/mol. The highest BCUT2D eigenvalue weighted by Gasteiger charge is 2.34. The summed E-state index contributed by atoms with van der Waals surface area (Å²) in [6, 6.07) is 19.9. The molecule has 0 saturated heterocycles. The van der Waals surface area contributed by atoms with E-state index in [1.807, 2.05) is 88.4 Å². The number of ether oxygens (including phenoxy) is 2. The van der Waals surface area contributed by atoms with Crippen LogP contribution in [0.15, 0.2) is 60.7 Å². The van der Waals surface area contributed by atoms with Crippen molar-refractivity contribution in [1.29, 1.82) is 0 Å². The lowest BCUT2D eigenvalue weighted by atomic mass is 9.86. The highest BCUT2D eigenvalue weighted by atomic mass is 16.6. The summed E-state index contributed by atoms with van der Waals surface area (Å²) in [5.41, 5.74) is 1.52. The van der Waals surface area contributed by atoms with Gasteiger partial charge in [-0.25, -0.2) is 4.79 Å². The van der Waals surface area contributed by atoms with E-state index in [4.69, 9.17) is 9.47 Å². The Morgan fingerprint density at radius 1 is 0.917 bits per heavy atom. The monoisotopic (exact) mass is 326 g/mol. The average molecular weight is 326 g/mol. The minimum Gasteiger partial charge on any atom is -0.458 e. The van der Waals surface area contributed by atoms with E-state index in [-0.39, 0.29) is 11.9 Å². The summed E-state index contributed by atoms with van der Waals surface area (Å²) in [6.07, 6.45) is -0.681. The molecule has 0 aromatic heterocycles. The van der Waals surface area contributed by atoms with E-state index < -0.39 is 11.7 Å². The Morgan fingerprint density at radius 3 is 1.75 bits per heavy atom. The standard InChI is InChI=1S/C21H26O3/c1-5-23-19(20(22)24-21(2,3)4)18(16-12-8-6-9-13-16)17-14-10-7-11-15-17/h6-15,18-19H,5H2,1-4H3. The van der Waals surface area contributed by atoms with Gasteiger partial charge in [0.15, 0.2) is 6.10 Å². The van der Waals surface area contributed by atoms with Crippen LogP contribution in [0.3, 0.4) is 0 Å². The Kier molecular flexibility index (Phi) is 6.16. The van der Waals surface area contributed by atoms with Gasteiger partial charge < -0.3 is 9.47 Å². The van der Waals surface area contributed by atoms with Crippen LogP contribution in [-0.2, 0) is 14.3 Å². The number of benzene rings is 2. The van der Waals surface area contributed by atoms with Crippen molar-refractivity contribution >= 4 is 5.97 Å². The van der Waals surface area contributed by atoms with Crippen LogP contribution in [0.2, 0.25) is 0 Å². The fourth-order valence-electron chi connectivity index (χ4n) is 2.70. The lowest BCUT2D eigenvalue weighted by Crippen LogP contribution is -2.38. The third-order valence-corrected chi connectivity index (χ3v) is 3.61. The molecule has 0 bridgehead atoms. The first kappa shape index (κ1) is 18.2. The van der Waals surface area contributed by atoms with Crippen LogP contribution < -0.4 is 0 Å². The van der Waals surface area contributed by atoms with E-state index in [1.54, 1.807) is 0 Å². The third-order valence-electron chi connectivity index (χ3n) is 3.61. The summed E-state index contributed by atoms with van der Waals surface area (Å²) in [5.74, 6) is -0.538. The van der Waals surface area contributed by atoms with Crippen molar-refractivity contribution in [3.8, 4) is 0 Å². The number of rotatable bonds is 6. The highest BCUT2D eigenvalue weighted by Crippen LogP contribution is 2.31. The van der Waals surface area contributed by atoms with Crippen molar-refractivity contribution in [3.63, 3.8) is 0 Å². The molecule has 0 amide bonds. The summed E-state index contributed by atoms with van der Waals surface area (Å²) < 4.78 is 11.5. The van der Waals surface area contributed by atoms with Gasteiger partial charge in [0.1, 0.15) is 5.60 Å². The number of hydrogen-bond donors (Lipinski definition) is 0. The van der Waals surface area contributed by atoms with E-state index >= 15 is 0 Å². The van der Waals surface area contributed by atoms with Gasteiger partial charge in [-0.1, -0.05) is 60.7 Å². The Bertz CT molecular complexity index is 590. The van der Waals surface area contributed by atoms with Crippen molar-refractivity contribution in [1.82, 2.24) is 0 Å². The van der Waals surface area contributed by atoms with Crippen LogP contribution in [0.1, 0.15) is 44.7 Å². The third kappa shape index (κ3) is 4.93. The van der Waals surface area contributed by atoms with Crippen molar-refractivity contribution in [2.24, 2.45) is 0 Å². The van der Waals surface area contributed by atoms with Gasteiger partial charge >= 0.3 is 5.97 Å². The molecule has 0 radical (unpaired) electrons. The Hall–Kier alpha value is -2.13. The minimum atomic E-state index is -0.681. The van der Waals surface area contributed by atoms with Gasteiger partial charge in [0.25, 0.3) is 0 Å². The molecular weight excluding hydrogens is 300 g/mol. The molecule has 2 rings (SSSR count). The number of carbonyl (C=O) groups excluding carboxylic acids is 1. The molecule has 2 aromatic carbocycles. The molecule has 1 atom stereocenters. The van der Waals surface area contributed by atoms with Gasteiger partial charge in [-0.3, -0.25) is 0 Å². The molecule has 0 aliphatic carbocycles. The first-order valence-corrected chi connectivity index (χ1v) is 8.36. The first-order chi connectivity index (χ1) is 11.4. The molecule has 3 heteroatoms. The maximum absolute atomic E-state index is 12.8. The van der Waals surface area contributed by atoms with E-state index in [1.165, 1.54) is 0 Å². The fourth-order valence-corrected chi connectivity index (χ4v) is 2.70. The van der Waals surface area contributed by atoms with Gasteiger partial charge in [0.2, 0.25) is 0 Å². The molecule has 0 fully saturated rings. The minimum absolute atomic E-state index is 0.206. The van der Waals surface area contributed by atoms with Crippen molar-refractivity contribution in [2.75, 3.05) is 6.61 Å². The number of carbonyl (C=O) groups is 1. The first-order valence-electron chi connectivity index (χ1n) is 8.36. The summed E-state index contributed by atoms with van der Waals surface area (Å²) >= 11 is 0. The Labute approximate surface area is 144 Å². The molecule has 2 aromatic rings.